The predicted molar refractivity (Wildman–Crippen MR) is 83.5 cm³/mol. The Balaban J connectivity index is 1.75. The van der Waals surface area contributed by atoms with E-state index in [0.717, 1.165) is 28.2 Å². The normalized spacial score (nSPS) is 11.1. The largest absolute Gasteiger partial charge is 0.353 e. The molecule has 2 heterocycles. The maximum atomic E-state index is 13.0. The Hall–Kier alpha value is -2.81. The molecule has 0 aliphatic rings. The van der Waals surface area contributed by atoms with Crippen LogP contribution >= 0.6 is 0 Å². The summed E-state index contributed by atoms with van der Waals surface area (Å²) in [6, 6.07) is 20.8. The van der Waals surface area contributed by atoms with E-state index in [0.29, 0.717) is 0 Å². The van der Waals surface area contributed by atoms with Gasteiger partial charge in [-0.15, -0.1) is 0 Å². The van der Waals surface area contributed by atoms with Gasteiger partial charge in [-0.05, 0) is 54.1 Å². The molecule has 4 aromatic rings. The monoisotopic (exact) mass is 276 g/mol. The number of benzene rings is 2. The average Bonchev–Trinajstić information content (AvgIpc) is 3.14. The molecule has 4 rings (SSSR count). The molecule has 0 bridgehead atoms. The van der Waals surface area contributed by atoms with Crippen LogP contribution < -0.4 is 0 Å². The third-order valence-electron chi connectivity index (χ3n) is 3.66. The first kappa shape index (κ1) is 12.0. The molecule has 0 amide bonds. The fourth-order valence-corrected chi connectivity index (χ4v) is 2.57. The molecule has 0 saturated heterocycles. The van der Waals surface area contributed by atoms with Crippen molar-refractivity contribution in [3.63, 3.8) is 0 Å². The zero-order valence-corrected chi connectivity index (χ0v) is 11.2. The van der Waals surface area contributed by atoms with Crippen LogP contribution in [0.1, 0.15) is 0 Å². The van der Waals surface area contributed by atoms with Gasteiger partial charge >= 0.3 is 0 Å². The summed E-state index contributed by atoms with van der Waals surface area (Å²) in [5.74, 6) is -0.221. The quantitative estimate of drug-likeness (QED) is 0.518. The average molecular weight is 276 g/mol. The molecule has 3 heteroatoms. The summed E-state index contributed by atoms with van der Waals surface area (Å²) < 4.78 is 13.0. The highest BCUT2D eigenvalue weighted by Gasteiger charge is 2.06. The van der Waals surface area contributed by atoms with Gasteiger partial charge in [0.25, 0.3) is 0 Å². The first-order chi connectivity index (χ1) is 10.3. The molecule has 0 radical (unpaired) electrons. The zero-order valence-electron chi connectivity index (χ0n) is 11.2. The van der Waals surface area contributed by atoms with Crippen LogP contribution in [-0.2, 0) is 0 Å². The lowest BCUT2D eigenvalue weighted by Gasteiger charge is -1.98. The number of rotatable bonds is 2. The van der Waals surface area contributed by atoms with Gasteiger partial charge < -0.3 is 9.97 Å². The molecule has 102 valence electrons. The number of hydrogen-bond acceptors (Lipinski definition) is 0. The Bertz CT molecular complexity index is 867. The second-order valence-corrected chi connectivity index (χ2v) is 5.06. The number of fused-ring (bicyclic) bond motifs is 1. The van der Waals surface area contributed by atoms with Gasteiger partial charge in [0, 0.05) is 16.6 Å². The van der Waals surface area contributed by atoms with Crippen molar-refractivity contribution in [2.75, 3.05) is 0 Å². The number of para-hydroxylation sites is 1. The number of aromatic amines is 2. The molecular formula is C18H13FN2. The third-order valence-corrected chi connectivity index (χ3v) is 3.66. The van der Waals surface area contributed by atoms with Crippen LogP contribution in [0, 0.1) is 5.82 Å². The minimum Gasteiger partial charge on any atom is -0.353 e. The number of nitrogens with one attached hydrogen (secondary N) is 2. The summed E-state index contributed by atoms with van der Waals surface area (Å²) in [7, 11) is 0. The number of halogens is 1. The van der Waals surface area contributed by atoms with E-state index in [-0.39, 0.29) is 5.82 Å². The van der Waals surface area contributed by atoms with Gasteiger partial charge in [0.1, 0.15) is 5.82 Å². The minimum atomic E-state index is -0.221. The highest BCUT2D eigenvalue weighted by atomic mass is 19.1. The lowest BCUT2D eigenvalue weighted by Crippen LogP contribution is -1.80. The van der Waals surface area contributed by atoms with E-state index in [2.05, 4.69) is 28.2 Å². The second kappa shape index (κ2) is 4.63. The summed E-state index contributed by atoms with van der Waals surface area (Å²) in [5, 5.41) is 1.19. The maximum absolute atomic E-state index is 13.0. The summed E-state index contributed by atoms with van der Waals surface area (Å²) in [4.78, 5) is 6.77. The molecule has 21 heavy (non-hydrogen) atoms. The van der Waals surface area contributed by atoms with Crippen molar-refractivity contribution in [3.8, 4) is 22.6 Å². The maximum Gasteiger partial charge on any atom is 0.123 e. The van der Waals surface area contributed by atoms with Crippen LogP contribution in [0.5, 0.6) is 0 Å². The lowest BCUT2D eigenvalue weighted by atomic mass is 10.1. The summed E-state index contributed by atoms with van der Waals surface area (Å²) in [5.41, 5.74) is 5.13. The van der Waals surface area contributed by atoms with Crippen molar-refractivity contribution < 1.29 is 4.39 Å². The Morgan fingerprint density at radius 3 is 2.24 bits per heavy atom. The molecule has 0 aliphatic heterocycles. The molecule has 0 atom stereocenters. The van der Waals surface area contributed by atoms with Crippen LogP contribution in [0.2, 0.25) is 0 Å². The van der Waals surface area contributed by atoms with Crippen LogP contribution in [0.15, 0.2) is 66.7 Å². The number of aromatic nitrogens is 2. The number of H-pyrrole nitrogens is 2. The first-order valence-corrected chi connectivity index (χ1v) is 6.83. The summed E-state index contributed by atoms with van der Waals surface area (Å²) in [6.07, 6.45) is 0. The van der Waals surface area contributed by atoms with E-state index in [9.17, 15) is 4.39 Å². The Kier molecular flexibility index (Phi) is 2.64. The van der Waals surface area contributed by atoms with Crippen molar-refractivity contribution >= 4 is 10.9 Å². The van der Waals surface area contributed by atoms with Crippen molar-refractivity contribution in [3.05, 3.63) is 72.5 Å². The van der Waals surface area contributed by atoms with E-state index in [1.54, 1.807) is 12.1 Å². The van der Waals surface area contributed by atoms with Gasteiger partial charge in [-0.1, -0.05) is 18.2 Å². The molecule has 2 N–H and O–H groups in total. The lowest BCUT2D eigenvalue weighted by molar-refractivity contribution is 0.628. The molecule has 0 spiro atoms. The van der Waals surface area contributed by atoms with Gasteiger partial charge in [0.2, 0.25) is 0 Å². The van der Waals surface area contributed by atoms with Crippen LogP contribution in [0.25, 0.3) is 33.5 Å². The molecule has 0 saturated carbocycles. The minimum absolute atomic E-state index is 0.221. The Labute approximate surface area is 121 Å². The molecule has 0 aliphatic carbocycles. The van der Waals surface area contributed by atoms with Crippen molar-refractivity contribution in [2.24, 2.45) is 0 Å². The van der Waals surface area contributed by atoms with Gasteiger partial charge in [-0.3, -0.25) is 0 Å². The van der Waals surface area contributed by atoms with Crippen LogP contribution in [-0.4, -0.2) is 9.97 Å². The van der Waals surface area contributed by atoms with E-state index < -0.39 is 0 Å². The Morgan fingerprint density at radius 1 is 0.667 bits per heavy atom. The molecule has 0 unspecified atom stereocenters. The summed E-state index contributed by atoms with van der Waals surface area (Å²) in [6.45, 7) is 0. The Morgan fingerprint density at radius 2 is 1.43 bits per heavy atom. The van der Waals surface area contributed by atoms with Gasteiger partial charge in [0.15, 0.2) is 0 Å². The first-order valence-electron chi connectivity index (χ1n) is 6.83. The van der Waals surface area contributed by atoms with E-state index in [1.165, 1.54) is 17.5 Å². The molecule has 2 aromatic carbocycles. The SMILES string of the molecule is Fc1ccc(-c2ccc(-c3cc4ccccc4[nH]3)[nH]2)cc1. The third kappa shape index (κ3) is 2.13. The van der Waals surface area contributed by atoms with E-state index in [4.69, 9.17) is 0 Å². The van der Waals surface area contributed by atoms with Crippen LogP contribution in [0.4, 0.5) is 4.39 Å². The summed E-state index contributed by atoms with van der Waals surface area (Å²) >= 11 is 0. The van der Waals surface area contributed by atoms with Crippen LogP contribution in [0.3, 0.4) is 0 Å². The smallest absolute Gasteiger partial charge is 0.123 e. The van der Waals surface area contributed by atoms with E-state index in [1.807, 2.05) is 24.3 Å². The zero-order chi connectivity index (χ0) is 14.2. The molecule has 2 aromatic heterocycles. The second-order valence-electron chi connectivity index (χ2n) is 5.06. The fourth-order valence-electron chi connectivity index (χ4n) is 2.57. The number of hydrogen-bond donors (Lipinski definition) is 2. The van der Waals surface area contributed by atoms with Crippen molar-refractivity contribution in [2.45, 2.75) is 0 Å². The topological polar surface area (TPSA) is 31.6 Å². The highest BCUT2D eigenvalue weighted by Crippen LogP contribution is 2.26. The standard InChI is InChI=1S/C18H13FN2/c19-14-7-5-12(6-8-14)16-9-10-17(20-16)18-11-13-3-1-2-4-15(13)21-18/h1-11,20-21H. The van der Waals surface area contributed by atoms with Gasteiger partial charge in [0.05, 0.1) is 11.4 Å². The fraction of sp³-hybridized carbons (Fsp3) is 0. The van der Waals surface area contributed by atoms with Gasteiger partial charge in [-0.2, -0.15) is 0 Å². The van der Waals surface area contributed by atoms with E-state index >= 15 is 0 Å². The molecule has 0 fully saturated rings. The predicted octanol–water partition coefficient (Wildman–Crippen LogP) is 4.97. The van der Waals surface area contributed by atoms with Crippen molar-refractivity contribution in [1.29, 1.82) is 0 Å². The van der Waals surface area contributed by atoms with Gasteiger partial charge in [-0.25, -0.2) is 4.39 Å². The highest BCUT2D eigenvalue weighted by molar-refractivity contribution is 5.85. The molecule has 2 nitrogen and oxygen atoms in total. The van der Waals surface area contributed by atoms with Crippen molar-refractivity contribution in [1.82, 2.24) is 9.97 Å². The molecular weight excluding hydrogens is 263 g/mol.